The van der Waals surface area contributed by atoms with E-state index in [0.717, 1.165) is 6.07 Å². The number of benzene rings is 1. The molecule has 24 heavy (non-hydrogen) atoms. The summed E-state index contributed by atoms with van der Waals surface area (Å²) in [6, 6.07) is 1.39. The Bertz CT molecular complexity index is 670. The van der Waals surface area contributed by atoms with E-state index < -0.39 is 46.0 Å². The third-order valence-corrected chi connectivity index (χ3v) is 3.87. The summed E-state index contributed by atoms with van der Waals surface area (Å²) in [5.74, 6) is -4.40. The van der Waals surface area contributed by atoms with E-state index in [9.17, 15) is 22.8 Å². The summed E-state index contributed by atoms with van der Waals surface area (Å²) in [6.45, 7) is 4.85. The number of amides is 1. The SMILES string of the molecule is CC(C)(C)OC(=O)NC1(c2c(F)ccc(F)c2F)CCCCC1=O. The van der Waals surface area contributed by atoms with Gasteiger partial charge in [-0.15, -0.1) is 0 Å². The minimum absolute atomic E-state index is 0.0254. The molecule has 1 saturated carbocycles. The van der Waals surface area contributed by atoms with Gasteiger partial charge >= 0.3 is 6.09 Å². The van der Waals surface area contributed by atoms with E-state index in [1.807, 2.05) is 0 Å². The summed E-state index contributed by atoms with van der Waals surface area (Å²) in [5, 5.41) is 2.31. The summed E-state index contributed by atoms with van der Waals surface area (Å²) in [7, 11) is 0. The molecule has 0 bridgehead atoms. The van der Waals surface area contributed by atoms with Crippen molar-refractivity contribution in [1.29, 1.82) is 0 Å². The lowest BCUT2D eigenvalue weighted by Gasteiger charge is -2.37. The second kappa shape index (κ2) is 6.45. The van der Waals surface area contributed by atoms with Gasteiger partial charge in [0.25, 0.3) is 0 Å². The first kappa shape index (κ1) is 18.3. The summed E-state index contributed by atoms with van der Waals surface area (Å²) < 4.78 is 47.3. The van der Waals surface area contributed by atoms with Gasteiger partial charge in [0.1, 0.15) is 17.0 Å². The molecule has 0 heterocycles. The molecule has 1 aliphatic rings. The van der Waals surface area contributed by atoms with Crippen LogP contribution >= 0.6 is 0 Å². The summed E-state index contributed by atoms with van der Waals surface area (Å²) in [5.41, 5.74) is -3.59. The summed E-state index contributed by atoms with van der Waals surface area (Å²) in [6.07, 6.45) is 0.0143. The number of halogens is 3. The number of ether oxygens (including phenoxy) is 1. The van der Waals surface area contributed by atoms with Crippen LogP contribution in [-0.2, 0) is 15.1 Å². The van der Waals surface area contributed by atoms with Gasteiger partial charge < -0.3 is 10.1 Å². The van der Waals surface area contributed by atoms with Crippen molar-refractivity contribution in [3.63, 3.8) is 0 Å². The van der Waals surface area contributed by atoms with Crippen LogP contribution in [0, 0.1) is 17.5 Å². The van der Waals surface area contributed by atoms with Crippen LogP contribution in [0.1, 0.15) is 52.0 Å². The molecule has 4 nitrogen and oxygen atoms in total. The minimum Gasteiger partial charge on any atom is -0.444 e. The number of hydrogen-bond acceptors (Lipinski definition) is 3. The van der Waals surface area contributed by atoms with Crippen LogP contribution in [0.2, 0.25) is 0 Å². The molecule has 0 spiro atoms. The van der Waals surface area contributed by atoms with Gasteiger partial charge in [0.15, 0.2) is 17.4 Å². The Morgan fingerprint density at radius 1 is 1.17 bits per heavy atom. The van der Waals surface area contributed by atoms with Crippen molar-refractivity contribution in [2.45, 2.75) is 57.6 Å². The fourth-order valence-electron chi connectivity index (χ4n) is 2.88. The Kier molecular flexibility index (Phi) is 4.92. The molecule has 132 valence electrons. The van der Waals surface area contributed by atoms with Crippen molar-refractivity contribution in [1.82, 2.24) is 5.32 Å². The highest BCUT2D eigenvalue weighted by Crippen LogP contribution is 2.38. The average Bonchev–Trinajstić information content (AvgIpc) is 2.44. The van der Waals surface area contributed by atoms with Crippen LogP contribution < -0.4 is 5.32 Å². The number of carbonyl (C=O) groups is 2. The number of carbonyl (C=O) groups excluding carboxylic acids is 2. The van der Waals surface area contributed by atoms with Crippen molar-refractivity contribution >= 4 is 11.9 Å². The highest BCUT2D eigenvalue weighted by Gasteiger charge is 2.47. The molecule has 0 aliphatic heterocycles. The predicted octanol–water partition coefficient (Wildman–Crippen LogP) is 3.97. The number of ketones is 1. The van der Waals surface area contributed by atoms with E-state index >= 15 is 0 Å². The second-order valence-electron chi connectivity index (χ2n) is 6.88. The van der Waals surface area contributed by atoms with Gasteiger partial charge in [0, 0.05) is 6.42 Å². The second-order valence-corrected chi connectivity index (χ2v) is 6.88. The smallest absolute Gasteiger partial charge is 0.408 e. The number of nitrogens with one attached hydrogen (secondary N) is 1. The molecular weight excluding hydrogens is 323 g/mol. The Balaban J connectivity index is 2.52. The van der Waals surface area contributed by atoms with Crippen molar-refractivity contribution in [2.24, 2.45) is 0 Å². The van der Waals surface area contributed by atoms with Gasteiger partial charge in [-0.3, -0.25) is 4.79 Å². The maximum atomic E-state index is 14.3. The highest BCUT2D eigenvalue weighted by atomic mass is 19.2. The molecule has 1 amide bonds. The van der Waals surface area contributed by atoms with Crippen molar-refractivity contribution < 1.29 is 27.5 Å². The normalized spacial score (nSPS) is 21.5. The molecule has 1 aromatic rings. The van der Waals surface area contributed by atoms with Gasteiger partial charge in [0.2, 0.25) is 0 Å². The zero-order chi connectivity index (χ0) is 18.1. The maximum absolute atomic E-state index is 14.3. The molecule has 1 unspecified atom stereocenters. The Labute approximate surface area is 138 Å². The molecule has 1 atom stereocenters. The minimum atomic E-state index is -1.96. The van der Waals surface area contributed by atoms with Crippen LogP contribution in [0.15, 0.2) is 12.1 Å². The molecule has 1 aromatic carbocycles. The van der Waals surface area contributed by atoms with Gasteiger partial charge in [-0.2, -0.15) is 0 Å². The fourth-order valence-corrected chi connectivity index (χ4v) is 2.88. The van der Waals surface area contributed by atoms with E-state index in [4.69, 9.17) is 4.74 Å². The van der Waals surface area contributed by atoms with Crippen molar-refractivity contribution in [3.8, 4) is 0 Å². The quantitative estimate of drug-likeness (QED) is 0.827. The molecule has 1 fully saturated rings. The first-order chi connectivity index (χ1) is 11.1. The monoisotopic (exact) mass is 343 g/mol. The lowest BCUT2D eigenvalue weighted by atomic mass is 9.75. The predicted molar refractivity (Wildman–Crippen MR) is 80.8 cm³/mol. The summed E-state index contributed by atoms with van der Waals surface area (Å²) >= 11 is 0. The number of alkyl carbamates (subject to hydrolysis) is 1. The zero-order valence-electron chi connectivity index (χ0n) is 13.8. The molecular formula is C17H20F3NO3. The van der Waals surface area contributed by atoms with Crippen LogP contribution in [0.4, 0.5) is 18.0 Å². The first-order valence-corrected chi connectivity index (χ1v) is 7.75. The number of hydrogen-bond donors (Lipinski definition) is 1. The topological polar surface area (TPSA) is 55.4 Å². The standard InChI is InChI=1S/C17H20F3NO3/c1-16(2,3)24-15(23)21-17(9-5-4-6-12(17)22)13-10(18)7-8-11(19)14(13)20/h7-8H,4-6,9H2,1-3H3,(H,21,23). The molecule has 1 aliphatic carbocycles. The van der Waals surface area contributed by atoms with Crippen LogP contribution in [-0.4, -0.2) is 17.5 Å². The van der Waals surface area contributed by atoms with E-state index in [0.29, 0.717) is 18.9 Å². The molecule has 0 aromatic heterocycles. The average molecular weight is 343 g/mol. The molecule has 2 rings (SSSR count). The lowest BCUT2D eigenvalue weighted by molar-refractivity contribution is -0.128. The third-order valence-electron chi connectivity index (χ3n) is 3.87. The number of rotatable bonds is 2. The lowest BCUT2D eigenvalue weighted by Crippen LogP contribution is -2.55. The van der Waals surface area contributed by atoms with Crippen LogP contribution in [0.25, 0.3) is 0 Å². The molecule has 1 N–H and O–H groups in total. The van der Waals surface area contributed by atoms with E-state index in [-0.39, 0.29) is 12.8 Å². The van der Waals surface area contributed by atoms with Gasteiger partial charge in [-0.25, -0.2) is 18.0 Å². The molecule has 0 saturated heterocycles. The van der Waals surface area contributed by atoms with Gasteiger partial charge in [-0.05, 0) is 52.2 Å². The Hall–Kier alpha value is -2.05. The highest BCUT2D eigenvalue weighted by molar-refractivity contribution is 5.93. The third kappa shape index (κ3) is 3.55. The zero-order valence-corrected chi connectivity index (χ0v) is 13.8. The molecule has 0 radical (unpaired) electrons. The van der Waals surface area contributed by atoms with Crippen molar-refractivity contribution in [3.05, 3.63) is 35.1 Å². The fraction of sp³-hybridized carbons (Fsp3) is 0.529. The molecule has 7 heteroatoms. The van der Waals surface area contributed by atoms with Crippen LogP contribution in [0.5, 0.6) is 0 Å². The largest absolute Gasteiger partial charge is 0.444 e. The Morgan fingerprint density at radius 2 is 1.79 bits per heavy atom. The van der Waals surface area contributed by atoms with Crippen LogP contribution in [0.3, 0.4) is 0 Å². The van der Waals surface area contributed by atoms with Gasteiger partial charge in [-0.1, -0.05) is 0 Å². The van der Waals surface area contributed by atoms with E-state index in [1.54, 1.807) is 20.8 Å². The van der Waals surface area contributed by atoms with E-state index in [1.165, 1.54) is 0 Å². The number of Topliss-reactive ketones (excluding diaryl/α,β-unsaturated/α-hetero) is 1. The maximum Gasteiger partial charge on any atom is 0.408 e. The first-order valence-electron chi connectivity index (χ1n) is 7.75. The summed E-state index contributed by atoms with van der Waals surface area (Å²) in [4.78, 5) is 24.6. The Morgan fingerprint density at radius 3 is 2.38 bits per heavy atom. The van der Waals surface area contributed by atoms with E-state index in [2.05, 4.69) is 5.32 Å². The van der Waals surface area contributed by atoms with Gasteiger partial charge in [0.05, 0.1) is 5.56 Å². The van der Waals surface area contributed by atoms with Crippen molar-refractivity contribution in [2.75, 3.05) is 0 Å².